The summed E-state index contributed by atoms with van der Waals surface area (Å²) in [6, 6.07) is 3.48. The van der Waals surface area contributed by atoms with Gasteiger partial charge in [0.1, 0.15) is 5.82 Å². The van der Waals surface area contributed by atoms with Gasteiger partial charge in [-0.15, -0.1) is 0 Å². The minimum atomic E-state index is -0.664. The number of carbonyl (C=O) groups is 1. The fourth-order valence-corrected chi connectivity index (χ4v) is 1.68. The van der Waals surface area contributed by atoms with Crippen LogP contribution >= 0.6 is 11.6 Å². The molecular formula is C13H17ClFNO3. The van der Waals surface area contributed by atoms with Crippen LogP contribution in [-0.4, -0.2) is 30.8 Å². The molecule has 2 N–H and O–H groups in total. The normalized spacial score (nSPS) is 13.9. The van der Waals surface area contributed by atoms with E-state index in [1.807, 2.05) is 0 Å². The van der Waals surface area contributed by atoms with Gasteiger partial charge in [0.25, 0.3) is 0 Å². The van der Waals surface area contributed by atoms with Crippen LogP contribution in [0.15, 0.2) is 18.2 Å². The number of halogens is 2. The summed E-state index contributed by atoms with van der Waals surface area (Å²) in [6.07, 6.45) is -0.0513. The first-order valence-corrected chi connectivity index (χ1v) is 6.23. The van der Waals surface area contributed by atoms with Crippen LogP contribution in [0.2, 0.25) is 5.02 Å². The first kappa shape index (κ1) is 15.9. The molecule has 0 aliphatic carbocycles. The summed E-state index contributed by atoms with van der Waals surface area (Å²) < 4.78 is 18.3. The molecule has 1 rings (SSSR count). The van der Waals surface area contributed by atoms with Gasteiger partial charge in [-0.2, -0.15) is 0 Å². The number of benzene rings is 1. The summed E-state index contributed by atoms with van der Waals surface area (Å²) >= 11 is 5.58. The van der Waals surface area contributed by atoms with Crippen molar-refractivity contribution in [2.75, 3.05) is 13.7 Å². The Morgan fingerprint density at radius 3 is 2.79 bits per heavy atom. The van der Waals surface area contributed by atoms with Crippen LogP contribution in [0.1, 0.15) is 24.9 Å². The first-order chi connectivity index (χ1) is 8.97. The van der Waals surface area contributed by atoms with Crippen molar-refractivity contribution >= 4 is 17.5 Å². The highest BCUT2D eigenvalue weighted by Crippen LogP contribution is 2.20. The van der Waals surface area contributed by atoms with Gasteiger partial charge in [-0.1, -0.05) is 17.7 Å². The van der Waals surface area contributed by atoms with Crippen LogP contribution < -0.4 is 5.32 Å². The van der Waals surface area contributed by atoms with Crippen molar-refractivity contribution in [3.05, 3.63) is 34.6 Å². The highest BCUT2D eigenvalue weighted by Gasteiger charge is 2.16. The zero-order valence-electron chi connectivity index (χ0n) is 10.8. The van der Waals surface area contributed by atoms with Crippen LogP contribution in [0.3, 0.4) is 0 Å². The summed E-state index contributed by atoms with van der Waals surface area (Å²) in [7, 11) is 1.51. The summed E-state index contributed by atoms with van der Waals surface area (Å²) in [5, 5.41) is 11.9. The highest BCUT2D eigenvalue weighted by molar-refractivity contribution is 6.30. The van der Waals surface area contributed by atoms with Gasteiger partial charge in [-0.25, -0.2) is 4.39 Å². The maximum absolute atomic E-state index is 13.3. The van der Waals surface area contributed by atoms with E-state index in [-0.39, 0.29) is 30.1 Å². The van der Waals surface area contributed by atoms with E-state index in [0.717, 1.165) is 0 Å². The number of nitrogens with one attached hydrogen (secondary N) is 1. The summed E-state index contributed by atoms with van der Waals surface area (Å²) in [6.45, 7) is 1.43. The number of methoxy groups -OCH3 is 1. The minimum absolute atomic E-state index is 0.000212. The Bertz CT molecular complexity index is 442. The predicted molar refractivity (Wildman–Crippen MR) is 70.5 cm³/mol. The fraction of sp³-hybridized carbons (Fsp3) is 0.462. The van der Waals surface area contributed by atoms with Crippen LogP contribution in [0.5, 0.6) is 0 Å². The Kier molecular flexibility index (Phi) is 6.21. The number of aliphatic hydroxyl groups is 1. The molecule has 0 bridgehead atoms. The Morgan fingerprint density at radius 1 is 1.58 bits per heavy atom. The number of hydrogen-bond acceptors (Lipinski definition) is 3. The van der Waals surface area contributed by atoms with Gasteiger partial charge in [0.2, 0.25) is 5.91 Å². The Hall–Kier alpha value is -1.17. The van der Waals surface area contributed by atoms with Crippen molar-refractivity contribution in [1.29, 1.82) is 0 Å². The maximum Gasteiger partial charge on any atom is 0.223 e. The van der Waals surface area contributed by atoms with Crippen molar-refractivity contribution in [2.45, 2.75) is 25.5 Å². The minimum Gasteiger partial charge on any atom is -0.394 e. The molecule has 1 aromatic carbocycles. The molecule has 6 heteroatoms. The SMILES string of the molecule is COC(C)CC(=O)NC(CO)c1ccc(Cl)c(F)c1. The first-order valence-electron chi connectivity index (χ1n) is 5.86. The molecule has 2 unspecified atom stereocenters. The number of hydrogen-bond donors (Lipinski definition) is 2. The lowest BCUT2D eigenvalue weighted by Crippen LogP contribution is -2.33. The predicted octanol–water partition coefficient (Wildman–Crippen LogP) is 2.05. The number of ether oxygens (including phenoxy) is 1. The van der Waals surface area contributed by atoms with Gasteiger partial charge >= 0.3 is 0 Å². The Morgan fingerprint density at radius 2 is 2.26 bits per heavy atom. The molecule has 0 aliphatic heterocycles. The van der Waals surface area contributed by atoms with E-state index in [4.69, 9.17) is 16.3 Å². The van der Waals surface area contributed by atoms with Crippen LogP contribution in [0.4, 0.5) is 4.39 Å². The number of carbonyl (C=O) groups excluding carboxylic acids is 1. The largest absolute Gasteiger partial charge is 0.394 e. The molecule has 0 aromatic heterocycles. The lowest BCUT2D eigenvalue weighted by Gasteiger charge is -2.18. The molecule has 19 heavy (non-hydrogen) atoms. The molecular weight excluding hydrogens is 273 g/mol. The van der Waals surface area contributed by atoms with E-state index >= 15 is 0 Å². The van der Waals surface area contributed by atoms with Crippen molar-refractivity contribution in [1.82, 2.24) is 5.32 Å². The summed E-state index contributed by atoms with van der Waals surface area (Å²) in [5.41, 5.74) is 0.461. The van der Waals surface area contributed by atoms with E-state index in [0.29, 0.717) is 5.56 Å². The van der Waals surface area contributed by atoms with E-state index in [2.05, 4.69) is 5.32 Å². The quantitative estimate of drug-likeness (QED) is 0.843. The third kappa shape index (κ3) is 4.78. The molecule has 106 valence electrons. The van der Waals surface area contributed by atoms with Gasteiger partial charge in [0, 0.05) is 7.11 Å². The van der Waals surface area contributed by atoms with Crippen LogP contribution in [0, 0.1) is 5.82 Å². The van der Waals surface area contributed by atoms with Crippen LogP contribution in [-0.2, 0) is 9.53 Å². The second kappa shape index (κ2) is 7.43. The molecule has 1 aromatic rings. The van der Waals surface area contributed by atoms with E-state index < -0.39 is 11.9 Å². The summed E-state index contributed by atoms with van der Waals surface area (Å²) in [4.78, 5) is 11.7. The standard InChI is InChI=1S/C13H17ClFNO3/c1-8(19-2)5-13(18)16-12(7-17)9-3-4-10(14)11(15)6-9/h3-4,6,8,12,17H,5,7H2,1-2H3,(H,16,18). The van der Waals surface area contributed by atoms with E-state index in [1.165, 1.54) is 19.2 Å². The summed E-state index contributed by atoms with van der Waals surface area (Å²) in [5.74, 6) is -0.860. The van der Waals surface area contributed by atoms with Crippen molar-refractivity contribution in [3.63, 3.8) is 0 Å². The molecule has 0 spiro atoms. The van der Waals surface area contributed by atoms with Crippen molar-refractivity contribution in [3.8, 4) is 0 Å². The number of rotatable bonds is 6. The smallest absolute Gasteiger partial charge is 0.223 e. The second-order valence-electron chi connectivity index (χ2n) is 4.23. The zero-order valence-corrected chi connectivity index (χ0v) is 11.6. The molecule has 1 amide bonds. The molecule has 2 atom stereocenters. The lowest BCUT2D eigenvalue weighted by molar-refractivity contribution is -0.124. The van der Waals surface area contributed by atoms with E-state index in [1.54, 1.807) is 13.0 Å². The molecule has 0 radical (unpaired) electrons. The third-order valence-electron chi connectivity index (χ3n) is 2.74. The van der Waals surface area contributed by atoms with Gasteiger partial charge in [-0.3, -0.25) is 4.79 Å². The van der Waals surface area contributed by atoms with Crippen LogP contribution in [0.25, 0.3) is 0 Å². The fourth-order valence-electron chi connectivity index (χ4n) is 1.56. The lowest BCUT2D eigenvalue weighted by atomic mass is 10.1. The average Bonchev–Trinajstić information content (AvgIpc) is 2.39. The molecule has 0 saturated carbocycles. The van der Waals surface area contributed by atoms with E-state index in [9.17, 15) is 14.3 Å². The Labute approximate surface area is 116 Å². The van der Waals surface area contributed by atoms with Gasteiger partial charge < -0.3 is 15.2 Å². The molecule has 0 aliphatic rings. The number of amides is 1. The van der Waals surface area contributed by atoms with Crippen molar-refractivity contribution in [2.24, 2.45) is 0 Å². The number of aliphatic hydroxyl groups excluding tert-OH is 1. The average molecular weight is 290 g/mol. The molecule has 0 fully saturated rings. The topological polar surface area (TPSA) is 58.6 Å². The van der Waals surface area contributed by atoms with Gasteiger partial charge in [0.05, 0.1) is 30.2 Å². The second-order valence-corrected chi connectivity index (χ2v) is 4.63. The van der Waals surface area contributed by atoms with Crippen molar-refractivity contribution < 1.29 is 19.0 Å². The van der Waals surface area contributed by atoms with Gasteiger partial charge in [-0.05, 0) is 24.6 Å². The zero-order chi connectivity index (χ0) is 14.4. The Balaban J connectivity index is 2.72. The molecule has 4 nitrogen and oxygen atoms in total. The maximum atomic E-state index is 13.3. The van der Waals surface area contributed by atoms with Gasteiger partial charge in [0.15, 0.2) is 0 Å². The molecule has 0 heterocycles. The monoisotopic (exact) mass is 289 g/mol. The molecule has 0 saturated heterocycles. The highest BCUT2D eigenvalue weighted by atomic mass is 35.5. The third-order valence-corrected chi connectivity index (χ3v) is 3.05.